The zero-order chi connectivity index (χ0) is 6.69. The molecule has 52 valence electrons. The van der Waals surface area contributed by atoms with Crippen LogP contribution in [0.4, 0.5) is 0 Å². The summed E-state index contributed by atoms with van der Waals surface area (Å²) >= 11 is 0. The summed E-state index contributed by atoms with van der Waals surface area (Å²) in [5, 5.41) is 2.30. The molecule has 1 rings (SSSR count). The molecule has 1 nitrogen and oxygen atoms in total. The smallest absolute Gasteiger partial charge is 0.0176 e. The van der Waals surface area contributed by atoms with Crippen molar-refractivity contribution in [1.29, 1.82) is 0 Å². The van der Waals surface area contributed by atoms with Crippen LogP contribution in [0.3, 0.4) is 0 Å². The van der Waals surface area contributed by atoms with Crippen molar-refractivity contribution in [2.75, 3.05) is 0 Å². The first-order valence-corrected chi connectivity index (χ1v) is 5.62. The van der Waals surface area contributed by atoms with Crippen LogP contribution < -0.4 is 4.72 Å². The topological polar surface area (TPSA) is 12.0 Å². The largest absolute Gasteiger partial charge is 0.333 e. The minimum atomic E-state index is 0.292. The van der Waals surface area contributed by atoms with Crippen molar-refractivity contribution in [2.45, 2.75) is 20.3 Å². The average molecular weight is 161 g/mol. The molecule has 0 spiro atoms. The molecule has 9 heavy (non-hydrogen) atoms. The fourth-order valence-electron chi connectivity index (χ4n) is 0.564. The van der Waals surface area contributed by atoms with E-state index in [4.69, 9.17) is 0 Å². The van der Waals surface area contributed by atoms with Gasteiger partial charge in [0.2, 0.25) is 0 Å². The maximum Gasteiger partial charge on any atom is 0.0176 e. The minimum Gasteiger partial charge on any atom is -0.333 e. The van der Waals surface area contributed by atoms with E-state index >= 15 is 0 Å². The summed E-state index contributed by atoms with van der Waals surface area (Å²) in [5.74, 6) is 0. The van der Waals surface area contributed by atoms with Crippen LogP contribution in [-0.4, -0.2) is 5.37 Å². The van der Waals surface area contributed by atoms with Crippen molar-refractivity contribution in [2.24, 2.45) is 0 Å². The van der Waals surface area contributed by atoms with Gasteiger partial charge in [-0.25, -0.2) is 0 Å². The van der Waals surface area contributed by atoms with Gasteiger partial charge in [-0.3, -0.25) is 0 Å². The Balaban J connectivity index is 2.46. The predicted octanol–water partition coefficient (Wildman–Crippen LogP) is 2.50. The molecule has 0 aromatic carbocycles. The van der Waals surface area contributed by atoms with Gasteiger partial charge in [-0.2, -0.15) is 0 Å². The SMILES string of the molecule is CC/C=S1\NC=C(C)S1. The van der Waals surface area contributed by atoms with Gasteiger partial charge in [-0.15, -0.1) is 0 Å². The summed E-state index contributed by atoms with van der Waals surface area (Å²) in [6.45, 7) is 4.30. The van der Waals surface area contributed by atoms with E-state index in [9.17, 15) is 0 Å². The van der Waals surface area contributed by atoms with Crippen LogP contribution >= 0.6 is 20.5 Å². The summed E-state index contributed by atoms with van der Waals surface area (Å²) in [4.78, 5) is 1.39. The van der Waals surface area contributed by atoms with Gasteiger partial charge in [-0.1, -0.05) is 6.92 Å². The van der Waals surface area contributed by atoms with E-state index in [0.29, 0.717) is 9.70 Å². The second-order valence-electron chi connectivity index (χ2n) is 1.83. The Morgan fingerprint density at radius 3 is 3.11 bits per heavy atom. The molecule has 1 atom stereocenters. The van der Waals surface area contributed by atoms with E-state index in [1.165, 1.54) is 4.91 Å². The van der Waals surface area contributed by atoms with Crippen LogP contribution in [0, 0.1) is 0 Å². The van der Waals surface area contributed by atoms with E-state index in [2.05, 4.69) is 30.1 Å². The minimum absolute atomic E-state index is 0.292. The van der Waals surface area contributed by atoms with E-state index in [1.807, 2.05) is 10.8 Å². The van der Waals surface area contributed by atoms with Crippen LogP contribution in [0.5, 0.6) is 0 Å². The molecule has 0 aromatic heterocycles. The molecule has 0 radical (unpaired) electrons. The first-order valence-electron chi connectivity index (χ1n) is 3.00. The van der Waals surface area contributed by atoms with Crippen LogP contribution in [0.15, 0.2) is 11.1 Å². The monoisotopic (exact) mass is 161 g/mol. The number of hydrogen-bond acceptors (Lipinski definition) is 2. The number of rotatable bonds is 1. The summed E-state index contributed by atoms with van der Waals surface area (Å²) in [7, 11) is 2.20. The molecule has 1 heterocycles. The standard InChI is InChI=1S/C6H11NS2/c1-3-4-9-7-5-6(2)8-9/h4-5,7H,3H2,1-2H3. The van der Waals surface area contributed by atoms with E-state index in [-0.39, 0.29) is 0 Å². The highest BCUT2D eigenvalue weighted by molar-refractivity contribution is 8.84. The van der Waals surface area contributed by atoms with Gasteiger partial charge in [0.15, 0.2) is 0 Å². The molecule has 1 unspecified atom stereocenters. The second kappa shape index (κ2) is 3.32. The van der Waals surface area contributed by atoms with Crippen molar-refractivity contribution in [3.8, 4) is 0 Å². The summed E-state index contributed by atoms with van der Waals surface area (Å²) in [6, 6.07) is 0. The Hall–Kier alpha value is 0.110. The Morgan fingerprint density at radius 1 is 1.89 bits per heavy atom. The quantitative estimate of drug-likeness (QED) is 0.468. The van der Waals surface area contributed by atoms with Crippen LogP contribution in [0.1, 0.15) is 20.3 Å². The molecule has 1 N–H and O–H groups in total. The molecule has 0 saturated heterocycles. The maximum absolute atomic E-state index is 3.28. The Morgan fingerprint density at radius 2 is 2.67 bits per heavy atom. The van der Waals surface area contributed by atoms with Gasteiger partial charge < -0.3 is 4.72 Å². The molecule has 0 amide bonds. The highest BCUT2D eigenvalue weighted by atomic mass is 33.1. The highest BCUT2D eigenvalue weighted by Crippen LogP contribution is 2.38. The predicted molar refractivity (Wildman–Crippen MR) is 48.4 cm³/mol. The molecule has 0 fully saturated rings. The molecule has 0 saturated carbocycles. The molecule has 1 aliphatic rings. The van der Waals surface area contributed by atoms with Gasteiger partial charge in [0.1, 0.15) is 0 Å². The molecule has 0 aliphatic carbocycles. The first-order chi connectivity index (χ1) is 4.33. The third-order valence-corrected chi connectivity index (χ3v) is 4.49. The Kier molecular flexibility index (Phi) is 2.66. The average Bonchev–Trinajstić information content (AvgIpc) is 2.17. The van der Waals surface area contributed by atoms with Crippen LogP contribution in [0.25, 0.3) is 0 Å². The summed E-state index contributed by atoms with van der Waals surface area (Å²) in [5.41, 5.74) is 0. The van der Waals surface area contributed by atoms with Gasteiger partial charge in [-0.05, 0) is 39.2 Å². The van der Waals surface area contributed by atoms with Gasteiger partial charge in [0.25, 0.3) is 0 Å². The van der Waals surface area contributed by atoms with Crippen molar-refractivity contribution in [3.63, 3.8) is 0 Å². The van der Waals surface area contributed by atoms with E-state index in [0.717, 1.165) is 6.42 Å². The number of hydrogen-bond donors (Lipinski definition) is 1. The van der Waals surface area contributed by atoms with Gasteiger partial charge in [0.05, 0.1) is 0 Å². The van der Waals surface area contributed by atoms with Crippen molar-refractivity contribution in [3.05, 3.63) is 11.1 Å². The lowest BCUT2D eigenvalue weighted by Gasteiger charge is -1.95. The maximum atomic E-state index is 3.28. The van der Waals surface area contributed by atoms with Crippen LogP contribution in [0.2, 0.25) is 0 Å². The molecular weight excluding hydrogens is 150 g/mol. The number of allylic oxidation sites excluding steroid dienone is 1. The molecule has 3 heteroatoms. The normalized spacial score (nSPS) is 26.0. The van der Waals surface area contributed by atoms with Crippen LogP contribution in [-0.2, 0) is 0 Å². The lowest BCUT2D eigenvalue weighted by Crippen LogP contribution is -1.86. The first kappa shape index (κ1) is 7.22. The molecule has 1 aliphatic heterocycles. The Labute approximate surface area is 62.4 Å². The molecule has 0 bridgehead atoms. The Bertz CT molecular complexity index is 160. The van der Waals surface area contributed by atoms with E-state index in [1.54, 1.807) is 0 Å². The summed E-state index contributed by atoms with van der Waals surface area (Å²) in [6.07, 6.45) is 3.24. The summed E-state index contributed by atoms with van der Waals surface area (Å²) < 4.78 is 3.28. The van der Waals surface area contributed by atoms with Crippen molar-refractivity contribution in [1.82, 2.24) is 4.72 Å². The van der Waals surface area contributed by atoms with Gasteiger partial charge in [0, 0.05) is 11.1 Å². The fraction of sp³-hybridized carbons (Fsp3) is 0.500. The third-order valence-electron chi connectivity index (χ3n) is 0.918. The lowest BCUT2D eigenvalue weighted by atomic mass is 10.6. The second-order valence-corrected chi connectivity index (χ2v) is 5.38. The highest BCUT2D eigenvalue weighted by Gasteiger charge is 2.01. The molecule has 0 aromatic rings. The lowest BCUT2D eigenvalue weighted by molar-refractivity contribution is 1.35. The van der Waals surface area contributed by atoms with E-state index < -0.39 is 0 Å². The number of nitrogens with one attached hydrogen (secondary N) is 1. The fourth-order valence-corrected chi connectivity index (χ4v) is 3.73. The zero-order valence-electron chi connectivity index (χ0n) is 5.68. The molecular formula is C6H11NS2. The zero-order valence-corrected chi connectivity index (χ0v) is 7.31. The van der Waals surface area contributed by atoms with Crippen molar-refractivity contribution >= 4 is 25.9 Å². The third kappa shape index (κ3) is 2.06. The van der Waals surface area contributed by atoms with Crippen molar-refractivity contribution < 1.29 is 0 Å². The van der Waals surface area contributed by atoms with Gasteiger partial charge >= 0.3 is 0 Å².